The number of halogens is 1. The van der Waals surface area contributed by atoms with Crippen molar-refractivity contribution in [3.8, 4) is 0 Å². The minimum absolute atomic E-state index is 0.144. The summed E-state index contributed by atoms with van der Waals surface area (Å²) in [6, 6.07) is 9.87. The van der Waals surface area contributed by atoms with Crippen molar-refractivity contribution in [2.75, 3.05) is 23.3 Å². The van der Waals surface area contributed by atoms with Crippen LogP contribution in [0.15, 0.2) is 42.6 Å². The highest BCUT2D eigenvalue weighted by Gasteiger charge is 2.12. The average Bonchev–Trinajstić information content (AvgIpc) is 2.56. The van der Waals surface area contributed by atoms with E-state index in [1.54, 1.807) is 18.3 Å². The van der Waals surface area contributed by atoms with Gasteiger partial charge in [0.2, 0.25) is 5.91 Å². The Morgan fingerprint density at radius 2 is 2.00 bits per heavy atom. The van der Waals surface area contributed by atoms with Gasteiger partial charge in [0.05, 0.1) is 18.3 Å². The van der Waals surface area contributed by atoms with Crippen LogP contribution in [0.2, 0.25) is 0 Å². The van der Waals surface area contributed by atoms with E-state index in [1.807, 2.05) is 12.1 Å². The molecule has 1 fully saturated rings. The van der Waals surface area contributed by atoms with Gasteiger partial charge < -0.3 is 10.2 Å². The fourth-order valence-corrected chi connectivity index (χ4v) is 2.81. The number of pyridine rings is 1. The zero-order valence-electron chi connectivity index (χ0n) is 13.0. The van der Waals surface area contributed by atoms with Gasteiger partial charge in [-0.1, -0.05) is 12.1 Å². The van der Waals surface area contributed by atoms with Gasteiger partial charge in [0.25, 0.3) is 0 Å². The van der Waals surface area contributed by atoms with E-state index in [-0.39, 0.29) is 18.1 Å². The van der Waals surface area contributed by atoms with Gasteiger partial charge in [0, 0.05) is 13.1 Å². The number of aromatic nitrogens is 1. The van der Waals surface area contributed by atoms with Crippen LogP contribution in [0.5, 0.6) is 0 Å². The van der Waals surface area contributed by atoms with Crippen molar-refractivity contribution in [3.05, 3.63) is 54.0 Å². The van der Waals surface area contributed by atoms with Gasteiger partial charge >= 0.3 is 0 Å². The zero-order valence-corrected chi connectivity index (χ0v) is 13.0. The topological polar surface area (TPSA) is 45.2 Å². The summed E-state index contributed by atoms with van der Waals surface area (Å²) in [6.45, 7) is 2.08. The highest BCUT2D eigenvalue weighted by atomic mass is 19.1. The number of piperidine rings is 1. The molecular formula is C18H20FN3O. The summed E-state index contributed by atoms with van der Waals surface area (Å²) >= 11 is 0. The molecule has 1 aliphatic heterocycles. The smallest absolute Gasteiger partial charge is 0.228 e. The van der Waals surface area contributed by atoms with E-state index in [9.17, 15) is 9.18 Å². The largest absolute Gasteiger partial charge is 0.357 e. The van der Waals surface area contributed by atoms with Crippen LogP contribution in [0.1, 0.15) is 24.8 Å². The summed E-state index contributed by atoms with van der Waals surface area (Å²) in [4.78, 5) is 18.7. The molecule has 23 heavy (non-hydrogen) atoms. The van der Waals surface area contributed by atoms with Gasteiger partial charge in [-0.05, 0) is 49.1 Å². The predicted octanol–water partition coefficient (Wildman–Crippen LogP) is 3.39. The Labute approximate surface area is 135 Å². The molecule has 0 atom stereocenters. The van der Waals surface area contributed by atoms with Crippen LogP contribution in [0.4, 0.5) is 15.9 Å². The number of nitrogens with zero attached hydrogens (tertiary/aromatic N) is 2. The number of hydrogen-bond acceptors (Lipinski definition) is 3. The van der Waals surface area contributed by atoms with Crippen LogP contribution in [-0.2, 0) is 11.2 Å². The minimum Gasteiger partial charge on any atom is -0.357 e. The quantitative estimate of drug-likeness (QED) is 0.941. The lowest BCUT2D eigenvalue weighted by Gasteiger charge is -2.27. The second kappa shape index (κ2) is 7.22. The van der Waals surface area contributed by atoms with Gasteiger partial charge in [-0.2, -0.15) is 0 Å². The molecule has 1 N–H and O–H groups in total. The first-order valence-electron chi connectivity index (χ1n) is 7.96. The number of anilines is 2. The number of carbonyl (C=O) groups excluding carboxylic acids is 1. The molecule has 1 aromatic carbocycles. The molecule has 2 aromatic rings. The van der Waals surface area contributed by atoms with Gasteiger partial charge in [0.1, 0.15) is 11.6 Å². The molecule has 3 rings (SSSR count). The molecule has 4 nitrogen and oxygen atoms in total. The SMILES string of the molecule is O=C(Cc1cccc(F)c1)Nc1ccc(N2CCCCC2)nc1. The Bertz CT molecular complexity index is 666. The number of nitrogens with one attached hydrogen (secondary N) is 1. The molecule has 1 amide bonds. The molecule has 2 heterocycles. The Kier molecular flexibility index (Phi) is 4.86. The third-order valence-electron chi connectivity index (χ3n) is 3.97. The van der Waals surface area contributed by atoms with Crippen molar-refractivity contribution < 1.29 is 9.18 Å². The van der Waals surface area contributed by atoms with Crippen LogP contribution < -0.4 is 10.2 Å². The maximum atomic E-state index is 13.1. The zero-order chi connectivity index (χ0) is 16.1. The van der Waals surface area contributed by atoms with E-state index in [0.717, 1.165) is 18.9 Å². The lowest BCUT2D eigenvalue weighted by molar-refractivity contribution is -0.115. The number of benzene rings is 1. The Balaban J connectivity index is 1.58. The van der Waals surface area contributed by atoms with Gasteiger partial charge in [-0.15, -0.1) is 0 Å². The van der Waals surface area contributed by atoms with E-state index >= 15 is 0 Å². The molecule has 5 heteroatoms. The van der Waals surface area contributed by atoms with Crippen LogP contribution in [0.25, 0.3) is 0 Å². The monoisotopic (exact) mass is 313 g/mol. The summed E-state index contributed by atoms with van der Waals surface area (Å²) < 4.78 is 13.1. The highest BCUT2D eigenvalue weighted by molar-refractivity contribution is 5.92. The van der Waals surface area contributed by atoms with Crippen LogP contribution in [-0.4, -0.2) is 24.0 Å². The summed E-state index contributed by atoms with van der Waals surface area (Å²) in [7, 11) is 0. The summed E-state index contributed by atoms with van der Waals surface area (Å²) in [5.74, 6) is 0.443. The normalized spacial score (nSPS) is 14.6. The average molecular weight is 313 g/mol. The van der Waals surface area contributed by atoms with Crippen molar-refractivity contribution >= 4 is 17.4 Å². The van der Waals surface area contributed by atoms with Crippen molar-refractivity contribution in [2.24, 2.45) is 0 Å². The molecule has 120 valence electrons. The second-order valence-corrected chi connectivity index (χ2v) is 5.81. The van der Waals surface area contributed by atoms with Crippen LogP contribution in [0.3, 0.4) is 0 Å². The molecule has 1 aliphatic rings. The fourth-order valence-electron chi connectivity index (χ4n) is 2.81. The Morgan fingerprint density at radius 1 is 1.17 bits per heavy atom. The first kappa shape index (κ1) is 15.5. The summed E-state index contributed by atoms with van der Waals surface area (Å²) in [6.07, 6.45) is 5.51. The predicted molar refractivity (Wildman–Crippen MR) is 89.0 cm³/mol. The third kappa shape index (κ3) is 4.28. The molecule has 0 bridgehead atoms. The van der Waals surface area contributed by atoms with E-state index in [4.69, 9.17) is 0 Å². The second-order valence-electron chi connectivity index (χ2n) is 5.81. The molecule has 0 spiro atoms. The van der Waals surface area contributed by atoms with Gasteiger partial charge in [-0.3, -0.25) is 4.79 Å². The molecular weight excluding hydrogens is 293 g/mol. The number of rotatable bonds is 4. The maximum Gasteiger partial charge on any atom is 0.228 e. The van der Waals surface area contributed by atoms with Crippen LogP contribution >= 0.6 is 0 Å². The molecule has 0 radical (unpaired) electrons. The number of carbonyl (C=O) groups is 1. The first-order chi connectivity index (χ1) is 11.2. The van der Waals surface area contributed by atoms with E-state index in [1.165, 1.54) is 31.4 Å². The standard InChI is InChI=1S/C18H20FN3O/c19-15-6-4-5-14(11-15)12-18(23)21-16-7-8-17(20-13-16)22-9-2-1-3-10-22/h4-8,11,13H,1-3,9-10,12H2,(H,21,23). The molecule has 1 saturated heterocycles. The Hall–Kier alpha value is -2.43. The maximum absolute atomic E-state index is 13.1. The van der Waals surface area contributed by atoms with E-state index in [2.05, 4.69) is 15.2 Å². The summed E-state index contributed by atoms with van der Waals surface area (Å²) in [5.41, 5.74) is 1.31. The third-order valence-corrected chi connectivity index (χ3v) is 3.97. The lowest BCUT2D eigenvalue weighted by Crippen LogP contribution is -2.30. The van der Waals surface area contributed by atoms with Crippen molar-refractivity contribution in [3.63, 3.8) is 0 Å². The van der Waals surface area contributed by atoms with Crippen molar-refractivity contribution in [1.29, 1.82) is 0 Å². The minimum atomic E-state index is -0.331. The van der Waals surface area contributed by atoms with Crippen molar-refractivity contribution in [1.82, 2.24) is 4.98 Å². The van der Waals surface area contributed by atoms with Gasteiger partial charge in [-0.25, -0.2) is 9.37 Å². The van der Waals surface area contributed by atoms with E-state index < -0.39 is 0 Å². The first-order valence-corrected chi connectivity index (χ1v) is 7.96. The van der Waals surface area contributed by atoms with Crippen LogP contribution in [0, 0.1) is 5.82 Å². The van der Waals surface area contributed by atoms with Gasteiger partial charge in [0.15, 0.2) is 0 Å². The number of amides is 1. The molecule has 0 aliphatic carbocycles. The highest BCUT2D eigenvalue weighted by Crippen LogP contribution is 2.19. The fraction of sp³-hybridized carbons (Fsp3) is 0.333. The molecule has 1 aromatic heterocycles. The van der Waals surface area contributed by atoms with Crippen molar-refractivity contribution in [2.45, 2.75) is 25.7 Å². The molecule has 0 unspecified atom stereocenters. The number of hydrogen-bond donors (Lipinski definition) is 1. The summed E-state index contributed by atoms with van der Waals surface area (Å²) in [5, 5.41) is 2.80. The molecule has 0 saturated carbocycles. The lowest BCUT2D eigenvalue weighted by atomic mass is 10.1. The van der Waals surface area contributed by atoms with E-state index in [0.29, 0.717) is 11.3 Å². The Morgan fingerprint density at radius 3 is 2.70 bits per heavy atom.